The summed E-state index contributed by atoms with van der Waals surface area (Å²) in [5, 5.41) is 10.1. The second kappa shape index (κ2) is 11.6. The van der Waals surface area contributed by atoms with Crippen molar-refractivity contribution < 1.29 is 48.0 Å². The van der Waals surface area contributed by atoms with E-state index >= 15 is 0 Å². The highest BCUT2D eigenvalue weighted by Crippen LogP contribution is 2.73. The Morgan fingerprint density at radius 2 is 1.51 bits per heavy atom. The number of cyclic esters (lactones) is 2. The molecule has 1 aliphatic heterocycles. The Kier molecular flexibility index (Phi) is 8.05. The molecule has 10 heteroatoms. The van der Waals surface area contributed by atoms with Crippen molar-refractivity contribution in [1.29, 1.82) is 0 Å². The minimum Gasteiger partial charge on any atom is -0.481 e. The monoisotopic (exact) mass is 628 g/mol. The van der Waals surface area contributed by atoms with Crippen LogP contribution < -0.4 is 0 Å². The van der Waals surface area contributed by atoms with Crippen LogP contribution in [0.3, 0.4) is 0 Å². The average molecular weight is 629 g/mol. The molecule has 0 aromatic carbocycles. The molecule has 0 amide bonds. The second-order valence-corrected chi connectivity index (χ2v) is 15.8. The van der Waals surface area contributed by atoms with Gasteiger partial charge in [-0.1, -0.05) is 20.8 Å². The van der Waals surface area contributed by atoms with Gasteiger partial charge in [-0.2, -0.15) is 0 Å². The number of ether oxygens (including phenoxy) is 4. The lowest BCUT2D eigenvalue weighted by Crippen LogP contribution is -2.52. The number of methoxy groups -OCH3 is 1. The van der Waals surface area contributed by atoms with Crippen LogP contribution >= 0.6 is 0 Å². The van der Waals surface area contributed by atoms with Crippen LogP contribution in [0.1, 0.15) is 65.7 Å². The van der Waals surface area contributed by atoms with Crippen LogP contribution in [0.5, 0.6) is 0 Å². The number of carbonyl (C=O) groups is 5. The molecule has 0 spiro atoms. The number of hydrogen-bond donors (Lipinski definition) is 1. The fourth-order valence-corrected chi connectivity index (χ4v) is 12.7. The van der Waals surface area contributed by atoms with E-state index in [0.29, 0.717) is 48.0 Å². The third-order valence-electron chi connectivity index (χ3n) is 14.4. The van der Waals surface area contributed by atoms with Crippen molar-refractivity contribution in [3.63, 3.8) is 0 Å². The van der Waals surface area contributed by atoms with E-state index < -0.39 is 71.3 Å². The van der Waals surface area contributed by atoms with Gasteiger partial charge < -0.3 is 24.1 Å². The predicted octanol–water partition coefficient (Wildman–Crippen LogP) is 4.19. The fraction of sp³-hybridized carbons (Fsp3) is 0.857. The van der Waals surface area contributed by atoms with Gasteiger partial charge in [0.1, 0.15) is 0 Å². The zero-order chi connectivity index (χ0) is 31.9. The predicted molar refractivity (Wildman–Crippen MR) is 156 cm³/mol. The van der Waals surface area contributed by atoms with Gasteiger partial charge in [0.25, 0.3) is 0 Å². The number of aliphatic carboxylic acids is 1. The lowest BCUT2D eigenvalue weighted by molar-refractivity contribution is -0.181. The third-order valence-corrected chi connectivity index (χ3v) is 14.4. The standard InChI is InChI=1S/C35H48O10/c1-14-17-5-6-18(9-17)23(14)12-43-13-44-34(40)30(24(33(39)42-4)15(2)31(36)37)29-22-11-21(26-19-7-8-20(10-19)27(22)26)28(29)25-16(3)32(38)45-35(25)41/h14-30H,5-13H2,1-4H3,(H,36,37). The van der Waals surface area contributed by atoms with Crippen molar-refractivity contribution in [3.8, 4) is 0 Å². The molecular weight excluding hydrogens is 580 g/mol. The maximum absolute atomic E-state index is 14.3. The van der Waals surface area contributed by atoms with Crippen LogP contribution in [-0.2, 0) is 42.9 Å². The molecule has 17 unspecified atom stereocenters. The van der Waals surface area contributed by atoms with Gasteiger partial charge >= 0.3 is 29.8 Å². The Morgan fingerprint density at radius 3 is 2.11 bits per heavy atom. The Morgan fingerprint density at radius 1 is 0.867 bits per heavy atom. The highest BCUT2D eigenvalue weighted by Gasteiger charge is 2.71. The normalized spacial score (nSPS) is 45.8. The Bertz CT molecular complexity index is 1240. The molecular formula is C35H48O10. The molecule has 248 valence electrons. The van der Waals surface area contributed by atoms with E-state index in [0.717, 1.165) is 31.6 Å². The summed E-state index contributed by atoms with van der Waals surface area (Å²) in [5.41, 5.74) is 0. The molecule has 1 heterocycles. The van der Waals surface area contributed by atoms with E-state index in [9.17, 15) is 29.1 Å². The molecule has 10 nitrogen and oxygen atoms in total. The van der Waals surface area contributed by atoms with Crippen molar-refractivity contribution in [2.75, 3.05) is 20.5 Å². The zero-order valence-electron chi connectivity index (χ0n) is 26.8. The first-order valence-corrected chi connectivity index (χ1v) is 17.3. The fourth-order valence-electron chi connectivity index (χ4n) is 12.7. The number of hydrogen-bond acceptors (Lipinski definition) is 9. The number of carboxylic acids is 1. The van der Waals surface area contributed by atoms with E-state index in [1.165, 1.54) is 33.3 Å². The van der Waals surface area contributed by atoms with Gasteiger partial charge in [-0.05, 0) is 116 Å². The molecule has 17 atom stereocenters. The summed E-state index contributed by atoms with van der Waals surface area (Å²) >= 11 is 0. The smallest absolute Gasteiger partial charge is 0.317 e. The summed E-state index contributed by atoms with van der Waals surface area (Å²) < 4.78 is 22.1. The van der Waals surface area contributed by atoms with E-state index in [1.807, 2.05) is 0 Å². The highest BCUT2D eigenvalue weighted by atomic mass is 16.7. The molecule has 7 aliphatic rings. The first kappa shape index (κ1) is 31.1. The highest BCUT2D eigenvalue weighted by molar-refractivity contribution is 5.96. The number of carbonyl (C=O) groups excluding carboxylic acids is 4. The molecule has 1 N–H and O–H groups in total. The summed E-state index contributed by atoms with van der Waals surface area (Å²) in [6, 6.07) is 0. The van der Waals surface area contributed by atoms with E-state index in [-0.39, 0.29) is 18.6 Å². The molecule has 7 fully saturated rings. The van der Waals surface area contributed by atoms with Crippen molar-refractivity contribution in [2.45, 2.75) is 65.7 Å². The van der Waals surface area contributed by atoms with Gasteiger partial charge in [0, 0.05) is 0 Å². The maximum Gasteiger partial charge on any atom is 0.317 e. The number of carboxylic acid groups (broad SMARTS) is 1. The Labute approximate surface area is 264 Å². The largest absolute Gasteiger partial charge is 0.481 e. The molecule has 0 aromatic heterocycles. The topological polar surface area (TPSA) is 143 Å². The summed E-state index contributed by atoms with van der Waals surface area (Å²) in [6.45, 7) is 5.61. The number of fused-ring (bicyclic) bond motifs is 11. The maximum atomic E-state index is 14.3. The number of esters is 4. The van der Waals surface area contributed by atoms with E-state index in [4.69, 9.17) is 18.9 Å². The summed E-state index contributed by atoms with van der Waals surface area (Å²) in [4.78, 5) is 66.2. The van der Waals surface area contributed by atoms with Crippen LogP contribution in [0.25, 0.3) is 0 Å². The van der Waals surface area contributed by atoms with Crippen LogP contribution in [-0.4, -0.2) is 55.5 Å². The van der Waals surface area contributed by atoms with Crippen molar-refractivity contribution in [2.24, 2.45) is 101 Å². The van der Waals surface area contributed by atoms with E-state index in [1.54, 1.807) is 6.92 Å². The quantitative estimate of drug-likeness (QED) is 0.0884. The lowest BCUT2D eigenvalue weighted by atomic mass is 9.55. The van der Waals surface area contributed by atoms with Crippen LogP contribution in [0, 0.1) is 101 Å². The molecule has 0 aromatic rings. The Balaban J connectivity index is 1.21. The minimum absolute atomic E-state index is 0.0116. The SMILES string of the molecule is COC(=O)C(C(C)C(=O)O)C(C(=O)OCOCC1C2CCC(C2)C1C)C1C2CC(C3C4CCC(C4)C23)C1C1C(=O)OC(=O)C1C. The average Bonchev–Trinajstić information content (AvgIpc) is 3.86. The molecule has 6 saturated carbocycles. The summed E-state index contributed by atoms with van der Waals surface area (Å²) in [7, 11) is 1.20. The van der Waals surface area contributed by atoms with Gasteiger partial charge in [-0.3, -0.25) is 24.0 Å². The molecule has 45 heavy (non-hydrogen) atoms. The van der Waals surface area contributed by atoms with Crippen molar-refractivity contribution in [1.82, 2.24) is 0 Å². The van der Waals surface area contributed by atoms with Crippen LogP contribution in [0.4, 0.5) is 0 Å². The van der Waals surface area contributed by atoms with Gasteiger partial charge in [0.15, 0.2) is 6.79 Å². The zero-order valence-corrected chi connectivity index (χ0v) is 26.8. The van der Waals surface area contributed by atoms with Gasteiger partial charge in [0.05, 0.1) is 43.3 Å². The molecule has 0 radical (unpaired) electrons. The van der Waals surface area contributed by atoms with Gasteiger partial charge in [0.2, 0.25) is 0 Å². The Hall–Kier alpha value is -2.49. The van der Waals surface area contributed by atoms with E-state index in [2.05, 4.69) is 6.92 Å². The number of rotatable bonds is 11. The third kappa shape index (κ3) is 4.77. The van der Waals surface area contributed by atoms with Crippen LogP contribution in [0.15, 0.2) is 0 Å². The minimum atomic E-state index is -1.32. The van der Waals surface area contributed by atoms with Gasteiger partial charge in [-0.15, -0.1) is 0 Å². The molecule has 1 saturated heterocycles. The first-order valence-electron chi connectivity index (χ1n) is 17.3. The van der Waals surface area contributed by atoms with Crippen molar-refractivity contribution in [3.05, 3.63) is 0 Å². The van der Waals surface area contributed by atoms with Crippen LogP contribution in [0.2, 0.25) is 0 Å². The first-order chi connectivity index (χ1) is 21.5. The summed E-state index contributed by atoms with van der Waals surface area (Å²) in [5.74, 6) is -5.62. The molecule has 6 bridgehead atoms. The molecule has 7 rings (SSSR count). The summed E-state index contributed by atoms with van der Waals surface area (Å²) in [6.07, 6.45) is 7.90. The van der Waals surface area contributed by atoms with Gasteiger partial charge in [-0.25, -0.2) is 0 Å². The second-order valence-electron chi connectivity index (χ2n) is 15.8. The van der Waals surface area contributed by atoms with Crippen molar-refractivity contribution >= 4 is 29.8 Å². The lowest BCUT2D eigenvalue weighted by Gasteiger charge is -2.48. The molecule has 6 aliphatic carbocycles.